The second-order valence-electron chi connectivity index (χ2n) is 4.69. The Morgan fingerprint density at radius 1 is 1.50 bits per heavy atom. The van der Waals surface area contributed by atoms with E-state index < -0.39 is 6.10 Å². The molecule has 0 amide bonds. The van der Waals surface area contributed by atoms with E-state index in [1.165, 1.54) is 11.3 Å². The Labute approximate surface area is 100 Å². The average Bonchev–Trinajstić information content (AvgIpc) is 2.64. The van der Waals surface area contributed by atoms with Crippen LogP contribution in [0.15, 0.2) is 12.1 Å². The third-order valence-corrected chi connectivity index (χ3v) is 3.31. The lowest BCUT2D eigenvalue weighted by molar-refractivity contribution is 0.0532. The van der Waals surface area contributed by atoms with Crippen molar-refractivity contribution in [1.82, 2.24) is 0 Å². The predicted octanol–water partition coefficient (Wildman–Crippen LogP) is 3.00. The minimum atomic E-state index is -0.555. The summed E-state index contributed by atoms with van der Waals surface area (Å²) in [5.74, 6) is -0.320. The molecular formula is C12H18O3S. The van der Waals surface area contributed by atoms with Crippen LogP contribution < -0.4 is 0 Å². The summed E-state index contributed by atoms with van der Waals surface area (Å²) in [4.78, 5) is 12.8. The van der Waals surface area contributed by atoms with Crippen LogP contribution in [0.1, 0.15) is 48.3 Å². The summed E-state index contributed by atoms with van der Waals surface area (Å²) in [6.45, 7) is 8.02. The monoisotopic (exact) mass is 242 g/mol. The number of hydrogen-bond acceptors (Lipinski definition) is 4. The van der Waals surface area contributed by atoms with Gasteiger partial charge >= 0.3 is 5.97 Å². The summed E-state index contributed by atoms with van der Waals surface area (Å²) in [5.41, 5.74) is -0.225. The van der Waals surface area contributed by atoms with Crippen molar-refractivity contribution in [3.8, 4) is 0 Å². The Balaban J connectivity index is 2.83. The van der Waals surface area contributed by atoms with E-state index >= 15 is 0 Å². The number of thiophene rings is 1. The van der Waals surface area contributed by atoms with E-state index in [0.29, 0.717) is 11.5 Å². The molecule has 1 rings (SSSR count). The molecule has 1 heterocycles. The average molecular weight is 242 g/mol. The summed E-state index contributed by atoms with van der Waals surface area (Å²) < 4.78 is 4.90. The van der Waals surface area contributed by atoms with Gasteiger partial charge in [0.25, 0.3) is 0 Å². The quantitative estimate of drug-likeness (QED) is 0.829. The Kier molecular flexibility index (Phi) is 4.10. The molecule has 4 heteroatoms. The van der Waals surface area contributed by atoms with Gasteiger partial charge < -0.3 is 9.84 Å². The Morgan fingerprint density at radius 2 is 2.12 bits per heavy atom. The van der Waals surface area contributed by atoms with Crippen LogP contribution in [0.25, 0.3) is 0 Å². The molecule has 0 aliphatic carbocycles. The first-order chi connectivity index (χ1) is 7.36. The number of aliphatic hydroxyl groups excluding tert-OH is 1. The molecule has 0 aliphatic heterocycles. The molecule has 16 heavy (non-hydrogen) atoms. The molecule has 90 valence electrons. The smallest absolute Gasteiger partial charge is 0.348 e. The lowest BCUT2D eigenvalue weighted by atomic mass is 9.88. The van der Waals surface area contributed by atoms with Gasteiger partial charge in [-0.05, 0) is 24.5 Å². The number of hydrogen-bond donors (Lipinski definition) is 1. The highest BCUT2D eigenvalue weighted by Crippen LogP contribution is 2.36. The van der Waals surface area contributed by atoms with Crippen molar-refractivity contribution in [1.29, 1.82) is 0 Å². The van der Waals surface area contributed by atoms with Gasteiger partial charge in [0.15, 0.2) is 0 Å². The Morgan fingerprint density at radius 3 is 2.62 bits per heavy atom. The van der Waals surface area contributed by atoms with Gasteiger partial charge in [0.2, 0.25) is 0 Å². The van der Waals surface area contributed by atoms with Crippen LogP contribution in [0.5, 0.6) is 0 Å². The molecule has 1 aromatic heterocycles. The van der Waals surface area contributed by atoms with E-state index in [9.17, 15) is 9.90 Å². The van der Waals surface area contributed by atoms with Crippen LogP contribution >= 0.6 is 11.3 Å². The molecule has 0 bridgehead atoms. The maximum absolute atomic E-state index is 11.4. The van der Waals surface area contributed by atoms with Crippen LogP contribution in [0, 0.1) is 5.41 Å². The summed E-state index contributed by atoms with van der Waals surface area (Å²) in [6.07, 6.45) is -0.555. The predicted molar refractivity (Wildman–Crippen MR) is 64.7 cm³/mol. The molecule has 0 saturated carbocycles. The van der Waals surface area contributed by atoms with Crippen LogP contribution in [0.4, 0.5) is 0 Å². The topological polar surface area (TPSA) is 46.5 Å². The normalized spacial score (nSPS) is 13.6. The zero-order valence-corrected chi connectivity index (χ0v) is 10.9. The summed E-state index contributed by atoms with van der Waals surface area (Å²) in [7, 11) is 0. The number of carbonyl (C=O) groups excluding carboxylic acids is 1. The fraction of sp³-hybridized carbons (Fsp3) is 0.583. The van der Waals surface area contributed by atoms with Crippen LogP contribution in [-0.4, -0.2) is 17.7 Å². The highest BCUT2D eigenvalue weighted by Gasteiger charge is 2.26. The number of aliphatic hydroxyl groups is 1. The lowest BCUT2D eigenvalue weighted by Crippen LogP contribution is -2.16. The summed E-state index contributed by atoms with van der Waals surface area (Å²) in [6, 6.07) is 3.49. The number of carbonyl (C=O) groups is 1. The highest BCUT2D eigenvalue weighted by molar-refractivity contribution is 7.14. The van der Waals surface area contributed by atoms with Crippen molar-refractivity contribution in [2.24, 2.45) is 5.41 Å². The van der Waals surface area contributed by atoms with E-state index in [1.807, 2.05) is 20.8 Å². The van der Waals surface area contributed by atoms with Crippen molar-refractivity contribution in [2.75, 3.05) is 6.61 Å². The molecule has 0 radical (unpaired) electrons. The molecule has 1 aromatic rings. The van der Waals surface area contributed by atoms with Gasteiger partial charge in [0.05, 0.1) is 12.7 Å². The SMILES string of the molecule is CCOC(=O)c1ccc(C(O)C(C)(C)C)s1. The molecule has 0 fully saturated rings. The van der Waals surface area contributed by atoms with Crippen molar-refractivity contribution < 1.29 is 14.6 Å². The maximum Gasteiger partial charge on any atom is 0.348 e. The van der Waals surface area contributed by atoms with Crippen molar-refractivity contribution in [3.05, 3.63) is 21.9 Å². The zero-order valence-electron chi connectivity index (χ0n) is 10.1. The van der Waals surface area contributed by atoms with Crippen molar-refractivity contribution >= 4 is 17.3 Å². The third-order valence-electron chi connectivity index (χ3n) is 2.19. The molecule has 0 aromatic carbocycles. The number of rotatable bonds is 3. The van der Waals surface area contributed by atoms with Crippen molar-refractivity contribution in [2.45, 2.75) is 33.8 Å². The summed E-state index contributed by atoms with van der Waals surface area (Å²) >= 11 is 1.29. The van der Waals surface area contributed by atoms with Gasteiger partial charge in [-0.25, -0.2) is 4.79 Å². The minimum absolute atomic E-state index is 0.225. The number of esters is 1. The largest absolute Gasteiger partial charge is 0.462 e. The zero-order chi connectivity index (χ0) is 12.3. The minimum Gasteiger partial charge on any atom is -0.462 e. The van der Waals surface area contributed by atoms with E-state index in [0.717, 1.165) is 4.88 Å². The maximum atomic E-state index is 11.4. The van der Waals surface area contributed by atoms with Gasteiger partial charge in [0, 0.05) is 4.88 Å². The van der Waals surface area contributed by atoms with Crippen LogP contribution in [0.3, 0.4) is 0 Å². The van der Waals surface area contributed by atoms with Crippen LogP contribution in [-0.2, 0) is 4.74 Å². The Bertz CT molecular complexity index is 363. The Hall–Kier alpha value is -0.870. The number of ether oxygens (including phenoxy) is 1. The van der Waals surface area contributed by atoms with E-state index in [-0.39, 0.29) is 11.4 Å². The highest BCUT2D eigenvalue weighted by atomic mass is 32.1. The van der Waals surface area contributed by atoms with Gasteiger partial charge in [-0.3, -0.25) is 0 Å². The van der Waals surface area contributed by atoms with E-state index in [2.05, 4.69) is 0 Å². The summed E-state index contributed by atoms with van der Waals surface area (Å²) in [5, 5.41) is 10.0. The van der Waals surface area contributed by atoms with Crippen LogP contribution in [0.2, 0.25) is 0 Å². The third kappa shape index (κ3) is 3.06. The molecule has 1 atom stereocenters. The van der Waals surface area contributed by atoms with E-state index in [4.69, 9.17) is 4.74 Å². The van der Waals surface area contributed by atoms with Crippen molar-refractivity contribution in [3.63, 3.8) is 0 Å². The van der Waals surface area contributed by atoms with Gasteiger partial charge in [-0.2, -0.15) is 0 Å². The first-order valence-corrected chi connectivity index (χ1v) is 6.13. The molecule has 0 spiro atoms. The molecule has 1 unspecified atom stereocenters. The standard InChI is InChI=1S/C12H18O3S/c1-5-15-11(14)9-7-6-8(16-9)10(13)12(2,3)4/h6-7,10,13H,5H2,1-4H3. The van der Waals surface area contributed by atoms with E-state index in [1.54, 1.807) is 19.1 Å². The fourth-order valence-corrected chi connectivity index (χ4v) is 2.37. The molecule has 3 nitrogen and oxygen atoms in total. The molecule has 1 N–H and O–H groups in total. The fourth-order valence-electron chi connectivity index (χ4n) is 1.24. The van der Waals surface area contributed by atoms with Gasteiger partial charge in [0.1, 0.15) is 4.88 Å². The lowest BCUT2D eigenvalue weighted by Gasteiger charge is -2.24. The van der Waals surface area contributed by atoms with Gasteiger partial charge in [-0.15, -0.1) is 11.3 Å². The first-order valence-electron chi connectivity index (χ1n) is 5.31. The molecular weight excluding hydrogens is 224 g/mol. The molecule has 0 aliphatic rings. The molecule has 0 saturated heterocycles. The van der Waals surface area contributed by atoms with Gasteiger partial charge in [-0.1, -0.05) is 20.8 Å². The second kappa shape index (κ2) is 4.97. The second-order valence-corrected chi connectivity index (χ2v) is 5.81. The first kappa shape index (κ1) is 13.2.